The number of aliphatic imine (C=N–C) groups is 1. The third-order valence-corrected chi connectivity index (χ3v) is 2.73. The van der Waals surface area contributed by atoms with Gasteiger partial charge in [0.2, 0.25) is 5.17 Å². The molecule has 0 amide bonds. The number of amidine groups is 1. The minimum absolute atomic E-state index is 0.762. The molecule has 0 spiro atoms. The second-order valence-corrected chi connectivity index (χ2v) is 3.98. The second-order valence-electron chi connectivity index (χ2n) is 2.91. The Balaban J connectivity index is 2.09. The van der Waals surface area contributed by atoms with Crippen molar-refractivity contribution in [2.24, 2.45) is 15.2 Å². The van der Waals surface area contributed by atoms with Gasteiger partial charge < -0.3 is 4.74 Å². The molecule has 5 heteroatoms. The van der Waals surface area contributed by atoms with Crippen molar-refractivity contribution >= 4 is 22.6 Å². The summed E-state index contributed by atoms with van der Waals surface area (Å²) in [7, 11) is 1.63. The van der Waals surface area contributed by atoms with E-state index in [1.165, 1.54) is 0 Å². The Morgan fingerprint density at radius 3 is 3.07 bits per heavy atom. The SMILES string of the molecule is COc1cccc(N=NC2=NCCS2)c1. The van der Waals surface area contributed by atoms with Gasteiger partial charge in [0.05, 0.1) is 19.3 Å². The smallest absolute Gasteiger partial charge is 0.204 e. The fourth-order valence-corrected chi connectivity index (χ4v) is 1.80. The molecule has 0 aliphatic carbocycles. The minimum Gasteiger partial charge on any atom is -0.497 e. The van der Waals surface area contributed by atoms with Gasteiger partial charge >= 0.3 is 0 Å². The van der Waals surface area contributed by atoms with Crippen molar-refractivity contribution in [2.75, 3.05) is 19.4 Å². The number of thioether (sulfide) groups is 1. The van der Waals surface area contributed by atoms with Crippen molar-refractivity contribution in [1.82, 2.24) is 0 Å². The fraction of sp³-hybridized carbons (Fsp3) is 0.300. The first kappa shape index (κ1) is 10.2. The molecule has 15 heavy (non-hydrogen) atoms. The van der Waals surface area contributed by atoms with Gasteiger partial charge in [-0.2, -0.15) is 0 Å². The summed E-state index contributed by atoms with van der Waals surface area (Å²) in [6.45, 7) is 0.844. The van der Waals surface area contributed by atoms with E-state index in [2.05, 4.69) is 15.2 Å². The highest BCUT2D eigenvalue weighted by Gasteiger charge is 2.04. The van der Waals surface area contributed by atoms with Crippen molar-refractivity contribution in [3.8, 4) is 5.75 Å². The van der Waals surface area contributed by atoms with Crippen LogP contribution in [0.15, 0.2) is 39.5 Å². The lowest BCUT2D eigenvalue weighted by molar-refractivity contribution is 0.415. The molecule has 4 nitrogen and oxygen atoms in total. The summed E-state index contributed by atoms with van der Waals surface area (Å²) in [6.07, 6.45) is 0. The lowest BCUT2D eigenvalue weighted by Gasteiger charge is -1.98. The Bertz CT molecular complexity index is 403. The summed E-state index contributed by atoms with van der Waals surface area (Å²) in [5.41, 5.74) is 0.782. The van der Waals surface area contributed by atoms with Crippen molar-refractivity contribution < 1.29 is 4.74 Å². The first-order chi connectivity index (χ1) is 7.38. The average Bonchev–Trinajstić information content (AvgIpc) is 2.79. The lowest BCUT2D eigenvalue weighted by atomic mass is 10.3. The first-order valence-corrected chi connectivity index (χ1v) is 5.60. The number of rotatable bonds is 2. The fourth-order valence-electron chi connectivity index (χ4n) is 1.16. The summed E-state index contributed by atoms with van der Waals surface area (Å²) in [4.78, 5) is 4.18. The predicted octanol–water partition coefficient (Wildman–Crippen LogP) is 2.88. The Morgan fingerprint density at radius 2 is 2.33 bits per heavy atom. The number of ether oxygens (including phenoxy) is 1. The van der Waals surface area contributed by atoms with Crippen LogP contribution in [-0.2, 0) is 0 Å². The van der Waals surface area contributed by atoms with Gasteiger partial charge in [-0.25, -0.2) is 0 Å². The molecule has 0 fully saturated rings. The quantitative estimate of drug-likeness (QED) is 0.721. The molecule has 0 saturated carbocycles. The van der Waals surface area contributed by atoms with E-state index >= 15 is 0 Å². The van der Waals surface area contributed by atoms with Crippen LogP contribution >= 0.6 is 11.8 Å². The van der Waals surface area contributed by atoms with Crippen molar-refractivity contribution in [3.63, 3.8) is 0 Å². The lowest BCUT2D eigenvalue weighted by Crippen LogP contribution is -1.81. The minimum atomic E-state index is 0.762. The summed E-state index contributed by atoms with van der Waals surface area (Å²) in [6, 6.07) is 7.48. The van der Waals surface area contributed by atoms with Gasteiger partial charge in [0.25, 0.3) is 0 Å². The molecule has 2 rings (SSSR count). The third-order valence-electron chi connectivity index (χ3n) is 1.87. The standard InChI is InChI=1S/C10H11N3OS/c1-14-9-4-2-3-8(7-9)12-13-10-11-5-6-15-10/h2-4,7H,5-6H2,1H3. The molecule has 0 bridgehead atoms. The first-order valence-electron chi connectivity index (χ1n) is 4.61. The Hall–Kier alpha value is -1.36. The van der Waals surface area contributed by atoms with Gasteiger partial charge in [0.1, 0.15) is 5.75 Å². The molecule has 0 radical (unpaired) electrons. The summed E-state index contributed by atoms with van der Waals surface area (Å²) < 4.78 is 5.09. The number of azo groups is 1. The van der Waals surface area contributed by atoms with Crippen LogP contribution in [0, 0.1) is 0 Å². The van der Waals surface area contributed by atoms with E-state index in [4.69, 9.17) is 4.74 Å². The van der Waals surface area contributed by atoms with E-state index < -0.39 is 0 Å². The van der Waals surface area contributed by atoms with E-state index in [1.54, 1.807) is 18.9 Å². The predicted molar refractivity (Wildman–Crippen MR) is 62.3 cm³/mol. The van der Waals surface area contributed by atoms with Gasteiger partial charge in [-0.3, -0.25) is 4.99 Å². The topological polar surface area (TPSA) is 46.3 Å². The molecule has 78 valence electrons. The van der Waals surface area contributed by atoms with Crippen LogP contribution in [0.5, 0.6) is 5.75 Å². The van der Waals surface area contributed by atoms with Crippen molar-refractivity contribution in [1.29, 1.82) is 0 Å². The summed E-state index contributed by atoms with van der Waals surface area (Å²) >= 11 is 1.63. The van der Waals surface area contributed by atoms with Crippen LogP contribution in [0.2, 0.25) is 0 Å². The van der Waals surface area contributed by atoms with E-state index in [1.807, 2.05) is 24.3 Å². The Morgan fingerprint density at radius 1 is 1.40 bits per heavy atom. The van der Waals surface area contributed by atoms with Gasteiger partial charge in [-0.05, 0) is 12.1 Å². The molecule has 1 aromatic carbocycles. The number of nitrogens with zero attached hydrogens (tertiary/aromatic N) is 3. The summed E-state index contributed by atoms with van der Waals surface area (Å²) in [5.74, 6) is 1.79. The van der Waals surface area contributed by atoms with Crippen LogP contribution in [0.3, 0.4) is 0 Å². The Labute approximate surface area is 92.5 Å². The number of benzene rings is 1. The van der Waals surface area contributed by atoms with Crippen molar-refractivity contribution in [3.05, 3.63) is 24.3 Å². The monoisotopic (exact) mass is 221 g/mol. The maximum absolute atomic E-state index is 5.09. The summed E-state index contributed by atoms with van der Waals surface area (Å²) in [5, 5.41) is 8.90. The highest BCUT2D eigenvalue weighted by atomic mass is 32.2. The van der Waals surface area contributed by atoms with Crippen LogP contribution in [0.4, 0.5) is 5.69 Å². The molecular weight excluding hydrogens is 210 g/mol. The Kier molecular flexibility index (Phi) is 3.34. The third kappa shape index (κ3) is 2.79. The molecule has 1 aliphatic rings. The molecule has 0 atom stereocenters. The largest absolute Gasteiger partial charge is 0.497 e. The van der Waals surface area contributed by atoms with E-state index in [-0.39, 0.29) is 0 Å². The van der Waals surface area contributed by atoms with Crippen LogP contribution in [-0.4, -0.2) is 24.6 Å². The molecule has 1 aliphatic heterocycles. The number of hydrogen-bond donors (Lipinski definition) is 0. The normalized spacial score (nSPS) is 15.7. The number of methoxy groups -OCH3 is 1. The van der Waals surface area contributed by atoms with E-state index in [0.717, 1.165) is 28.9 Å². The molecule has 0 unspecified atom stereocenters. The molecule has 1 aromatic rings. The average molecular weight is 221 g/mol. The van der Waals surface area contributed by atoms with Gasteiger partial charge in [-0.15, -0.1) is 10.2 Å². The molecule has 0 N–H and O–H groups in total. The highest BCUT2D eigenvalue weighted by molar-refractivity contribution is 8.14. The second kappa shape index (κ2) is 4.93. The zero-order valence-corrected chi connectivity index (χ0v) is 9.20. The molecular formula is C10H11N3OS. The van der Waals surface area contributed by atoms with Gasteiger partial charge in [0, 0.05) is 11.8 Å². The molecule has 0 saturated heterocycles. The zero-order valence-electron chi connectivity index (χ0n) is 8.38. The zero-order chi connectivity index (χ0) is 10.5. The van der Waals surface area contributed by atoms with Crippen LogP contribution in [0.25, 0.3) is 0 Å². The highest BCUT2D eigenvalue weighted by Crippen LogP contribution is 2.21. The maximum Gasteiger partial charge on any atom is 0.204 e. The maximum atomic E-state index is 5.09. The number of hydrogen-bond acceptors (Lipinski definition) is 5. The van der Waals surface area contributed by atoms with Crippen molar-refractivity contribution in [2.45, 2.75) is 0 Å². The van der Waals surface area contributed by atoms with Gasteiger partial charge in [-0.1, -0.05) is 17.8 Å². The van der Waals surface area contributed by atoms with Gasteiger partial charge in [0.15, 0.2) is 0 Å². The van der Waals surface area contributed by atoms with Crippen LogP contribution < -0.4 is 4.74 Å². The van der Waals surface area contributed by atoms with E-state index in [0.29, 0.717) is 0 Å². The molecule has 0 aromatic heterocycles. The van der Waals surface area contributed by atoms with Crippen LogP contribution in [0.1, 0.15) is 0 Å². The molecule has 1 heterocycles. The van der Waals surface area contributed by atoms with E-state index in [9.17, 15) is 0 Å².